The Balaban J connectivity index is 1.87. The zero-order chi connectivity index (χ0) is 20.3. The van der Waals surface area contributed by atoms with Crippen molar-refractivity contribution in [1.29, 1.82) is 0 Å². The number of hydrogen-bond acceptors (Lipinski definition) is 3. The van der Waals surface area contributed by atoms with Crippen molar-refractivity contribution in [3.05, 3.63) is 23.8 Å². The number of methoxy groups -OCH3 is 2. The van der Waals surface area contributed by atoms with Gasteiger partial charge in [-0.15, -0.1) is 0 Å². The summed E-state index contributed by atoms with van der Waals surface area (Å²) in [6.07, 6.45) is 19.7. The Morgan fingerprint density at radius 3 is 1.64 bits per heavy atom. The van der Waals surface area contributed by atoms with Crippen LogP contribution in [0.3, 0.4) is 0 Å². The Morgan fingerprint density at radius 1 is 0.643 bits per heavy atom. The van der Waals surface area contributed by atoms with Gasteiger partial charge in [-0.1, -0.05) is 96.5 Å². The lowest BCUT2D eigenvalue weighted by molar-refractivity contribution is 0.354. The third-order valence-corrected chi connectivity index (χ3v) is 5.48. The molecule has 0 aliphatic heterocycles. The summed E-state index contributed by atoms with van der Waals surface area (Å²) in [7, 11) is 3.36. The van der Waals surface area contributed by atoms with E-state index in [1.54, 1.807) is 14.2 Å². The summed E-state index contributed by atoms with van der Waals surface area (Å²) >= 11 is 0. The van der Waals surface area contributed by atoms with Gasteiger partial charge >= 0.3 is 0 Å². The molecule has 1 rings (SSSR count). The van der Waals surface area contributed by atoms with Gasteiger partial charge in [0, 0.05) is 6.54 Å². The Labute approximate surface area is 174 Å². The fourth-order valence-electron chi connectivity index (χ4n) is 3.67. The molecule has 1 N–H and O–H groups in total. The topological polar surface area (TPSA) is 30.5 Å². The molecule has 0 fully saturated rings. The molecule has 3 nitrogen and oxygen atoms in total. The third-order valence-electron chi connectivity index (χ3n) is 5.48. The maximum absolute atomic E-state index is 5.36. The van der Waals surface area contributed by atoms with Crippen molar-refractivity contribution in [2.24, 2.45) is 0 Å². The quantitative estimate of drug-likeness (QED) is 0.251. The van der Waals surface area contributed by atoms with E-state index in [4.69, 9.17) is 9.47 Å². The van der Waals surface area contributed by atoms with E-state index in [9.17, 15) is 0 Å². The summed E-state index contributed by atoms with van der Waals surface area (Å²) in [5, 5.41) is 3.54. The third kappa shape index (κ3) is 12.3. The predicted octanol–water partition coefficient (Wildman–Crippen LogP) is 7.27. The number of benzene rings is 1. The summed E-state index contributed by atoms with van der Waals surface area (Å²) in [6.45, 7) is 4.27. The molecule has 1 aromatic carbocycles. The van der Waals surface area contributed by atoms with Crippen LogP contribution in [0.1, 0.15) is 102 Å². The standard InChI is InChI=1S/C25H45NO2/c1-4-5-6-7-8-9-10-11-12-13-14-15-16-17-20-26-22-23-18-19-24(27-2)25(21-23)28-3/h18-19,21,26H,4-17,20,22H2,1-3H3. The first-order valence-electron chi connectivity index (χ1n) is 11.7. The lowest BCUT2D eigenvalue weighted by atomic mass is 10.0. The summed E-state index contributed by atoms with van der Waals surface area (Å²) in [6, 6.07) is 6.12. The smallest absolute Gasteiger partial charge is 0.161 e. The summed E-state index contributed by atoms with van der Waals surface area (Å²) in [5.41, 5.74) is 1.24. The fourth-order valence-corrected chi connectivity index (χ4v) is 3.67. The summed E-state index contributed by atoms with van der Waals surface area (Å²) < 4.78 is 10.6. The lowest BCUT2D eigenvalue weighted by Crippen LogP contribution is -2.14. The first-order valence-corrected chi connectivity index (χ1v) is 11.7. The molecule has 0 saturated carbocycles. The predicted molar refractivity (Wildman–Crippen MR) is 122 cm³/mol. The molecule has 0 atom stereocenters. The van der Waals surface area contributed by atoms with Crippen LogP contribution in [0, 0.1) is 0 Å². The van der Waals surface area contributed by atoms with Gasteiger partial charge in [-0.2, -0.15) is 0 Å². The van der Waals surface area contributed by atoms with Crippen molar-refractivity contribution < 1.29 is 9.47 Å². The van der Waals surface area contributed by atoms with E-state index in [2.05, 4.69) is 24.4 Å². The molecule has 1 aromatic rings. The molecule has 0 unspecified atom stereocenters. The maximum atomic E-state index is 5.36. The number of unbranched alkanes of at least 4 members (excludes halogenated alkanes) is 13. The van der Waals surface area contributed by atoms with Crippen LogP contribution in [-0.2, 0) is 6.54 Å². The summed E-state index contributed by atoms with van der Waals surface area (Å²) in [5.74, 6) is 1.59. The van der Waals surface area contributed by atoms with Crippen molar-refractivity contribution in [3.8, 4) is 11.5 Å². The Kier molecular flexibility index (Phi) is 15.8. The van der Waals surface area contributed by atoms with Gasteiger partial charge in [-0.05, 0) is 30.7 Å². The first-order chi connectivity index (χ1) is 13.8. The number of hydrogen-bond donors (Lipinski definition) is 1. The van der Waals surface area contributed by atoms with Crippen molar-refractivity contribution >= 4 is 0 Å². The molecular formula is C25H45NO2. The minimum atomic E-state index is 0.790. The van der Waals surface area contributed by atoms with Crippen molar-refractivity contribution in [1.82, 2.24) is 5.32 Å². The molecule has 0 bridgehead atoms. The van der Waals surface area contributed by atoms with E-state index < -0.39 is 0 Å². The van der Waals surface area contributed by atoms with Crippen LogP contribution < -0.4 is 14.8 Å². The second-order valence-electron chi connectivity index (χ2n) is 7.96. The lowest BCUT2D eigenvalue weighted by Gasteiger charge is -2.10. The number of rotatable bonds is 19. The highest BCUT2D eigenvalue weighted by atomic mass is 16.5. The van der Waals surface area contributed by atoms with Crippen molar-refractivity contribution in [2.75, 3.05) is 20.8 Å². The van der Waals surface area contributed by atoms with Gasteiger partial charge in [0.2, 0.25) is 0 Å². The maximum Gasteiger partial charge on any atom is 0.161 e. The molecular weight excluding hydrogens is 346 g/mol. The molecule has 0 spiro atoms. The van der Waals surface area contributed by atoms with Crippen LogP contribution in [0.4, 0.5) is 0 Å². The van der Waals surface area contributed by atoms with E-state index in [0.717, 1.165) is 24.6 Å². The zero-order valence-electron chi connectivity index (χ0n) is 18.9. The highest BCUT2D eigenvalue weighted by Crippen LogP contribution is 2.27. The number of nitrogens with one attached hydrogen (secondary N) is 1. The molecule has 162 valence electrons. The van der Waals surface area contributed by atoms with Crippen molar-refractivity contribution in [3.63, 3.8) is 0 Å². The van der Waals surface area contributed by atoms with E-state index in [1.165, 1.54) is 95.5 Å². The van der Waals surface area contributed by atoms with Crippen molar-refractivity contribution in [2.45, 2.75) is 103 Å². The average molecular weight is 392 g/mol. The van der Waals surface area contributed by atoms with E-state index >= 15 is 0 Å². The van der Waals surface area contributed by atoms with Crippen LogP contribution in [-0.4, -0.2) is 20.8 Å². The average Bonchev–Trinajstić information content (AvgIpc) is 2.73. The van der Waals surface area contributed by atoms with Gasteiger partial charge in [0.1, 0.15) is 0 Å². The van der Waals surface area contributed by atoms with Gasteiger partial charge < -0.3 is 14.8 Å². The summed E-state index contributed by atoms with van der Waals surface area (Å²) in [4.78, 5) is 0. The van der Waals surface area contributed by atoms with Gasteiger partial charge in [0.05, 0.1) is 14.2 Å². The van der Waals surface area contributed by atoms with Crippen LogP contribution in [0.15, 0.2) is 18.2 Å². The Hall–Kier alpha value is -1.22. The Bertz CT molecular complexity index is 476. The molecule has 28 heavy (non-hydrogen) atoms. The highest BCUT2D eigenvalue weighted by Gasteiger charge is 2.04. The van der Waals surface area contributed by atoms with E-state index in [-0.39, 0.29) is 0 Å². The minimum absolute atomic E-state index is 0.790. The highest BCUT2D eigenvalue weighted by molar-refractivity contribution is 5.42. The molecule has 0 aliphatic carbocycles. The normalized spacial score (nSPS) is 11.0. The van der Waals surface area contributed by atoms with E-state index in [0.29, 0.717) is 0 Å². The molecule has 0 heterocycles. The monoisotopic (exact) mass is 391 g/mol. The molecule has 0 saturated heterocycles. The Morgan fingerprint density at radius 2 is 1.14 bits per heavy atom. The second-order valence-corrected chi connectivity index (χ2v) is 7.96. The molecule has 0 aliphatic rings. The van der Waals surface area contributed by atoms with Gasteiger partial charge in [-0.3, -0.25) is 0 Å². The van der Waals surface area contributed by atoms with Crippen LogP contribution in [0.25, 0.3) is 0 Å². The first kappa shape index (κ1) is 24.8. The van der Waals surface area contributed by atoms with Gasteiger partial charge in [0.15, 0.2) is 11.5 Å². The SMILES string of the molecule is CCCCCCCCCCCCCCCCNCc1ccc(OC)c(OC)c1. The van der Waals surface area contributed by atoms with Gasteiger partial charge in [-0.25, -0.2) is 0 Å². The molecule has 0 radical (unpaired) electrons. The van der Waals surface area contributed by atoms with Crippen LogP contribution in [0.5, 0.6) is 11.5 Å². The number of ether oxygens (including phenoxy) is 2. The van der Waals surface area contributed by atoms with Crippen LogP contribution in [0.2, 0.25) is 0 Å². The fraction of sp³-hybridized carbons (Fsp3) is 0.760. The second kappa shape index (κ2) is 17.8. The molecule has 0 aromatic heterocycles. The van der Waals surface area contributed by atoms with E-state index in [1.807, 2.05) is 6.07 Å². The molecule has 0 amide bonds. The minimum Gasteiger partial charge on any atom is -0.493 e. The van der Waals surface area contributed by atoms with Crippen LogP contribution >= 0.6 is 0 Å². The largest absolute Gasteiger partial charge is 0.493 e. The molecule has 3 heteroatoms. The zero-order valence-corrected chi connectivity index (χ0v) is 18.9. The van der Waals surface area contributed by atoms with Gasteiger partial charge in [0.25, 0.3) is 0 Å².